The van der Waals surface area contributed by atoms with E-state index in [-0.39, 0.29) is 0 Å². The van der Waals surface area contributed by atoms with Gasteiger partial charge in [0, 0.05) is 24.4 Å². The van der Waals surface area contributed by atoms with Crippen LogP contribution in [0.2, 0.25) is 0 Å². The lowest BCUT2D eigenvalue weighted by molar-refractivity contribution is 0.656. The van der Waals surface area contributed by atoms with Gasteiger partial charge in [-0.3, -0.25) is 0 Å². The highest BCUT2D eigenvalue weighted by molar-refractivity contribution is 7.09. The van der Waals surface area contributed by atoms with E-state index in [0.717, 1.165) is 12.2 Å². The van der Waals surface area contributed by atoms with Crippen LogP contribution in [0.5, 0.6) is 0 Å². The highest BCUT2D eigenvalue weighted by atomic mass is 32.1. The number of likely N-dealkylation sites (N-methyl/N-ethyl adjacent to an activating group) is 1. The second kappa shape index (κ2) is 4.93. The van der Waals surface area contributed by atoms with Gasteiger partial charge in [0.25, 0.3) is 0 Å². The monoisotopic (exact) mass is 274 g/mol. The smallest absolute Gasteiger partial charge is 0.200 e. The molecule has 1 unspecified atom stereocenters. The number of thiophene rings is 1. The molecule has 0 aliphatic heterocycles. The summed E-state index contributed by atoms with van der Waals surface area (Å²) in [5.74, 6) is 0.865. The average Bonchev–Trinajstić information content (AvgIpc) is 3.07. The predicted octanol–water partition coefficient (Wildman–Crippen LogP) is 1.65. The molecule has 0 amide bonds. The van der Waals surface area contributed by atoms with Gasteiger partial charge in [-0.2, -0.15) is 0 Å². The fourth-order valence-electron chi connectivity index (χ4n) is 1.91. The lowest BCUT2D eigenvalue weighted by Gasteiger charge is -2.25. The van der Waals surface area contributed by atoms with Gasteiger partial charge in [0.15, 0.2) is 11.5 Å². The topological polar surface area (TPSA) is 59.2 Å². The van der Waals surface area contributed by atoms with Crippen molar-refractivity contribution in [3.8, 4) is 0 Å². The van der Waals surface area contributed by atoms with Gasteiger partial charge in [-0.05, 0) is 40.9 Å². The standard InChI is InChI=1S/C12H14N6S/c1-9(8-10-4-3-7-19-10)17(2)12-6-5-11-13-15-16-18(11)14-12/h3-7,9H,8H2,1-2H3. The maximum atomic E-state index is 4.40. The van der Waals surface area contributed by atoms with E-state index in [9.17, 15) is 0 Å². The lowest BCUT2D eigenvalue weighted by Crippen LogP contribution is -2.31. The molecule has 19 heavy (non-hydrogen) atoms. The van der Waals surface area contributed by atoms with Crippen molar-refractivity contribution in [1.82, 2.24) is 25.3 Å². The Balaban J connectivity index is 1.79. The number of hydrogen-bond donors (Lipinski definition) is 0. The van der Waals surface area contributed by atoms with Crippen LogP contribution in [0.15, 0.2) is 29.6 Å². The second-order valence-corrected chi connectivity index (χ2v) is 5.49. The number of fused-ring (bicyclic) bond motifs is 1. The third-order valence-corrected chi connectivity index (χ3v) is 4.05. The Bertz CT molecular complexity index is 662. The van der Waals surface area contributed by atoms with Crippen molar-refractivity contribution in [2.45, 2.75) is 19.4 Å². The Labute approximate surface area is 114 Å². The maximum Gasteiger partial charge on any atom is 0.200 e. The number of anilines is 1. The normalized spacial score (nSPS) is 12.7. The Kier molecular flexibility index (Phi) is 3.12. The predicted molar refractivity (Wildman–Crippen MR) is 74.5 cm³/mol. The van der Waals surface area contributed by atoms with Gasteiger partial charge in [-0.15, -0.1) is 26.2 Å². The molecule has 0 aromatic carbocycles. The summed E-state index contributed by atoms with van der Waals surface area (Å²) in [5.41, 5.74) is 0.656. The maximum absolute atomic E-state index is 4.40. The first-order valence-electron chi connectivity index (χ1n) is 6.04. The SMILES string of the molecule is CC(Cc1cccs1)N(C)c1ccc2nnnn2n1. The molecule has 0 N–H and O–H groups in total. The fourth-order valence-corrected chi connectivity index (χ4v) is 2.74. The number of aromatic nitrogens is 5. The molecule has 0 bridgehead atoms. The molecule has 0 aliphatic carbocycles. The lowest BCUT2D eigenvalue weighted by atomic mass is 10.2. The van der Waals surface area contributed by atoms with Gasteiger partial charge in [-0.1, -0.05) is 6.07 Å². The molecule has 3 aromatic heterocycles. The highest BCUT2D eigenvalue weighted by Gasteiger charge is 2.13. The quantitative estimate of drug-likeness (QED) is 0.724. The first kappa shape index (κ1) is 12.0. The van der Waals surface area contributed by atoms with E-state index in [0.29, 0.717) is 11.7 Å². The van der Waals surface area contributed by atoms with Gasteiger partial charge < -0.3 is 4.90 Å². The minimum Gasteiger partial charge on any atom is -0.355 e. The van der Waals surface area contributed by atoms with Gasteiger partial charge in [0.1, 0.15) is 0 Å². The van der Waals surface area contributed by atoms with Crippen LogP contribution in [0.25, 0.3) is 5.65 Å². The Morgan fingerprint density at radius 1 is 1.37 bits per heavy atom. The van der Waals surface area contributed by atoms with Crippen LogP contribution in [0.4, 0.5) is 5.82 Å². The van der Waals surface area contributed by atoms with E-state index < -0.39 is 0 Å². The zero-order valence-electron chi connectivity index (χ0n) is 10.8. The molecule has 0 radical (unpaired) electrons. The molecule has 6 nitrogen and oxygen atoms in total. The molecule has 0 fully saturated rings. The first-order valence-corrected chi connectivity index (χ1v) is 6.92. The summed E-state index contributed by atoms with van der Waals surface area (Å²) < 4.78 is 1.45. The van der Waals surface area contributed by atoms with Crippen molar-refractivity contribution in [1.29, 1.82) is 0 Å². The van der Waals surface area contributed by atoms with E-state index >= 15 is 0 Å². The van der Waals surface area contributed by atoms with Crippen LogP contribution >= 0.6 is 11.3 Å². The number of tetrazole rings is 1. The Morgan fingerprint density at radius 2 is 2.26 bits per heavy atom. The Hall–Kier alpha value is -2.02. The molecule has 3 rings (SSSR count). The van der Waals surface area contributed by atoms with E-state index in [2.05, 4.69) is 50.0 Å². The van der Waals surface area contributed by atoms with Crippen LogP contribution in [-0.2, 0) is 6.42 Å². The fraction of sp³-hybridized carbons (Fsp3) is 0.333. The van der Waals surface area contributed by atoms with Crippen LogP contribution in [0.1, 0.15) is 11.8 Å². The van der Waals surface area contributed by atoms with E-state index in [1.807, 2.05) is 19.2 Å². The largest absolute Gasteiger partial charge is 0.355 e. The summed E-state index contributed by atoms with van der Waals surface area (Å²) in [6, 6.07) is 8.42. The van der Waals surface area contributed by atoms with E-state index in [1.54, 1.807) is 11.3 Å². The summed E-state index contributed by atoms with van der Waals surface area (Å²) in [6.45, 7) is 2.19. The van der Waals surface area contributed by atoms with Crippen LogP contribution in [0, 0.1) is 0 Å². The molecule has 7 heteroatoms. The molecular formula is C12H14N6S. The van der Waals surface area contributed by atoms with Gasteiger partial charge >= 0.3 is 0 Å². The number of nitrogens with zero attached hydrogens (tertiary/aromatic N) is 6. The number of hydrogen-bond acceptors (Lipinski definition) is 6. The van der Waals surface area contributed by atoms with Gasteiger partial charge in [-0.25, -0.2) is 0 Å². The minimum absolute atomic E-state index is 0.361. The van der Waals surface area contributed by atoms with Crippen molar-refractivity contribution in [3.63, 3.8) is 0 Å². The van der Waals surface area contributed by atoms with Crippen LogP contribution < -0.4 is 4.90 Å². The molecule has 3 aromatic rings. The molecule has 0 spiro atoms. The van der Waals surface area contributed by atoms with Gasteiger partial charge in [0.05, 0.1) is 0 Å². The first-order chi connectivity index (χ1) is 9.24. The van der Waals surface area contributed by atoms with E-state index in [1.165, 1.54) is 9.51 Å². The van der Waals surface area contributed by atoms with Crippen molar-refractivity contribution >= 4 is 22.8 Å². The zero-order valence-corrected chi connectivity index (χ0v) is 11.6. The van der Waals surface area contributed by atoms with Crippen LogP contribution in [-0.4, -0.2) is 38.3 Å². The molecule has 0 aliphatic rings. The summed E-state index contributed by atoms with van der Waals surface area (Å²) in [4.78, 5) is 3.52. The molecule has 0 saturated carbocycles. The molecule has 3 heterocycles. The van der Waals surface area contributed by atoms with Crippen molar-refractivity contribution in [2.75, 3.05) is 11.9 Å². The van der Waals surface area contributed by atoms with Crippen molar-refractivity contribution in [3.05, 3.63) is 34.5 Å². The van der Waals surface area contributed by atoms with Crippen molar-refractivity contribution < 1.29 is 0 Å². The summed E-state index contributed by atoms with van der Waals surface area (Å²) in [6.07, 6.45) is 1.00. The summed E-state index contributed by atoms with van der Waals surface area (Å²) in [7, 11) is 2.04. The summed E-state index contributed by atoms with van der Waals surface area (Å²) in [5, 5.41) is 17.8. The molecular weight excluding hydrogens is 260 g/mol. The average molecular weight is 274 g/mol. The molecule has 0 saturated heterocycles. The highest BCUT2D eigenvalue weighted by Crippen LogP contribution is 2.17. The summed E-state index contributed by atoms with van der Waals surface area (Å²) >= 11 is 1.78. The third-order valence-electron chi connectivity index (χ3n) is 3.15. The number of rotatable bonds is 4. The van der Waals surface area contributed by atoms with Gasteiger partial charge in [0.2, 0.25) is 0 Å². The second-order valence-electron chi connectivity index (χ2n) is 4.46. The van der Waals surface area contributed by atoms with E-state index in [4.69, 9.17) is 0 Å². The minimum atomic E-state index is 0.361. The Morgan fingerprint density at radius 3 is 3.05 bits per heavy atom. The van der Waals surface area contributed by atoms with Crippen LogP contribution in [0.3, 0.4) is 0 Å². The molecule has 1 atom stereocenters. The third kappa shape index (κ3) is 2.41. The zero-order chi connectivity index (χ0) is 13.2. The van der Waals surface area contributed by atoms with Crippen molar-refractivity contribution in [2.24, 2.45) is 0 Å². The molecule has 98 valence electrons.